The molecule has 0 aromatic carbocycles. The predicted molar refractivity (Wildman–Crippen MR) is 59.5 cm³/mol. The first kappa shape index (κ1) is 14.4. The molecule has 0 amide bonds. The molecule has 0 saturated carbocycles. The minimum atomic E-state index is -0.691. The fourth-order valence-electron chi connectivity index (χ4n) is 0.987. The molecule has 1 unspecified atom stereocenters. The van der Waals surface area contributed by atoms with E-state index in [-0.39, 0.29) is 6.54 Å². The highest BCUT2D eigenvalue weighted by Gasteiger charge is 2.28. The first-order chi connectivity index (χ1) is 6.55. The van der Waals surface area contributed by atoms with Crippen molar-refractivity contribution in [1.82, 2.24) is 0 Å². The van der Waals surface area contributed by atoms with Crippen LogP contribution in [-0.4, -0.2) is 29.8 Å². The quantitative estimate of drug-likeness (QED) is 0.727. The molecule has 1 atom stereocenters. The van der Waals surface area contributed by atoms with E-state index in [1.807, 2.05) is 41.5 Å². The minimum Gasteiger partial charge on any atom is -0.458 e. The molecular weight excluding hydrogens is 194 g/mol. The second-order valence-electron chi connectivity index (χ2n) is 5.49. The monoisotopic (exact) mass is 217 g/mol. The number of carbonyl (C=O) groups is 1. The van der Waals surface area contributed by atoms with Crippen LogP contribution in [0.1, 0.15) is 41.5 Å². The lowest BCUT2D eigenvalue weighted by Crippen LogP contribution is -2.42. The number of nitrogens with two attached hydrogens (primary N) is 1. The Balaban J connectivity index is 4.36. The van der Waals surface area contributed by atoms with Crippen molar-refractivity contribution in [1.29, 1.82) is 0 Å². The van der Waals surface area contributed by atoms with Gasteiger partial charge in [-0.25, -0.2) is 4.79 Å². The molecule has 4 heteroatoms. The van der Waals surface area contributed by atoms with Crippen LogP contribution < -0.4 is 5.73 Å². The maximum atomic E-state index is 11.6. The first-order valence-corrected chi connectivity index (χ1v) is 5.16. The van der Waals surface area contributed by atoms with Crippen LogP contribution >= 0.6 is 0 Å². The fourth-order valence-corrected chi connectivity index (χ4v) is 0.987. The van der Waals surface area contributed by atoms with Crippen LogP contribution in [-0.2, 0) is 14.3 Å². The summed E-state index contributed by atoms with van der Waals surface area (Å²) >= 11 is 0. The molecule has 4 nitrogen and oxygen atoms in total. The number of esters is 1. The van der Waals surface area contributed by atoms with E-state index in [4.69, 9.17) is 15.2 Å². The largest absolute Gasteiger partial charge is 0.458 e. The van der Waals surface area contributed by atoms with Crippen LogP contribution in [0.2, 0.25) is 0 Å². The Labute approximate surface area is 92.1 Å². The summed E-state index contributed by atoms with van der Waals surface area (Å²) in [4.78, 5) is 11.6. The van der Waals surface area contributed by atoms with Gasteiger partial charge in [-0.3, -0.25) is 0 Å². The maximum absolute atomic E-state index is 11.6. The lowest BCUT2D eigenvalue weighted by molar-refractivity contribution is -0.176. The van der Waals surface area contributed by atoms with Gasteiger partial charge in [0.2, 0.25) is 0 Å². The summed E-state index contributed by atoms with van der Waals surface area (Å²) < 4.78 is 10.7. The molecule has 0 bridgehead atoms. The molecule has 90 valence electrons. The summed E-state index contributed by atoms with van der Waals surface area (Å²) in [5.74, 6) is -0.403. The molecule has 0 rings (SSSR count). The van der Waals surface area contributed by atoms with E-state index in [1.54, 1.807) is 0 Å². The molecule has 0 radical (unpaired) electrons. The Morgan fingerprint density at radius 2 is 1.60 bits per heavy atom. The molecule has 0 aromatic heterocycles. The predicted octanol–water partition coefficient (Wildman–Crippen LogP) is 1.47. The Kier molecular flexibility index (Phi) is 4.74. The Morgan fingerprint density at radius 3 is 1.87 bits per heavy atom. The van der Waals surface area contributed by atoms with Gasteiger partial charge in [-0.15, -0.1) is 0 Å². The summed E-state index contributed by atoms with van der Waals surface area (Å²) in [6.07, 6.45) is -0.691. The standard InChI is InChI=1S/C11H23NO3/c1-10(2,3)14-8(7-12)9(13)15-11(4,5)6/h8H,7,12H2,1-6H3. The molecule has 0 spiro atoms. The topological polar surface area (TPSA) is 61.5 Å². The van der Waals surface area contributed by atoms with Crippen molar-refractivity contribution in [2.75, 3.05) is 6.54 Å². The van der Waals surface area contributed by atoms with E-state index in [9.17, 15) is 4.79 Å². The summed E-state index contributed by atoms with van der Waals surface area (Å²) in [7, 11) is 0. The van der Waals surface area contributed by atoms with Gasteiger partial charge in [0, 0.05) is 6.54 Å². The molecule has 15 heavy (non-hydrogen) atoms. The van der Waals surface area contributed by atoms with Crippen LogP contribution in [0, 0.1) is 0 Å². The lowest BCUT2D eigenvalue weighted by Gasteiger charge is -2.28. The Hall–Kier alpha value is -0.610. The normalized spacial score (nSPS) is 14.9. The molecule has 0 aliphatic heterocycles. The Morgan fingerprint density at radius 1 is 1.13 bits per heavy atom. The third kappa shape index (κ3) is 7.33. The number of hydrogen-bond donors (Lipinski definition) is 1. The third-order valence-corrected chi connectivity index (χ3v) is 1.38. The van der Waals surface area contributed by atoms with Crippen molar-refractivity contribution in [3.63, 3.8) is 0 Å². The van der Waals surface area contributed by atoms with Gasteiger partial charge < -0.3 is 15.2 Å². The zero-order chi connectivity index (χ0) is 12.3. The van der Waals surface area contributed by atoms with Gasteiger partial charge >= 0.3 is 5.97 Å². The maximum Gasteiger partial charge on any atom is 0.337 e. The molecule has 0 saturated heterocycles. The number of rotatable bonds is 3. The van der Waals surface area contributed by atoms with Gasteiger partial charge in [0.1, 0.15) is 5.60 Å². The average Bonchev–Trinajstić information content (AvgIpc) is 1.94. The van der Waals surface area contributed by atoms with E-state index in [0.29, 0.717) is 0 Å². The zero-order valence-corrected chi connectivity index (χ0v) is 10.6. The van der Waals surface area contributed by atoms with Crippen molar-refractivity contribution in [3.8, 4) is 0 Å². The first-order valence-electron chi connectivity index (χ1n) is 5.16. The third-order valence-electron chi connectivity index (χ3n) is 1.38. The average molecular weight is 217 g/mol. The lowest BCUT2D eigenvalue weighted by atomic mass is 10.1. The van der Waals surface area contributed by atoms with E-state index in [2.05, 4.69) is 0 Å². The van der Waals surface area contributed by atoms with Gasteiger partial charge in [0.15, 0.2) is 6.10 Å². The van der Waals surface area contributed by atoms with E-state index >= 15 is 0 Å². The highest BCUT2D eigenvalue weighted by Crippen LogP contribution is 2.14. The number of hydrogen-bond acceptors (Lipinski definition) is 4. The minimum absolute atomic E-state index is 0.131. The molecule has 0 aromatic rings. The molecule has 0 aliphatic carbocycles. The summed E-state index contributed by atoms with van der Waals surface area (Å²) in [6, 6.07) is 0. The van der Waals surface area contributed by atoms with Gasteiger partial charge in [0.25, 0.3) is 0 Å². The molecular formula is C11H23NO3. The highest BCUT2D eigenvalue weighted by atomic mass is 16.6. The van der Waals surface area contributed by atoms with E-state index in [1.165, 1.54) is 0 Å². The summed E-state index contributed by atoms with van der Waals surface area (Å²) in [5.41, 5.74) is 4.56. The summed E-state index contributed by atoms with van der Waals surface area (Å²) in [5, 5.41) is 0. The van der Waals surface area contributed by atoms with Crippen LogP contribution in [0.5, 0.6) is 0 Å². The van der Waals surface area contributed by atoms with Crippen molar-refractivity contribution in [2.45, 2.75) is 58.8 Å². The smallest absolute Gasteiger partial charge is 0.337 e. The van der Waals surface area contributed by atoms with E-state index in [0.717, 1.165) is 0 Å². The molecule has 0 aliphatic rings. The second-order valence-corrected chi connectivity index (χ2v) is 5.49. The van der Waals surface area contributed by atoms with Gasteiger partial charge in [-0.1, -0.05) is 0 Å². The SMILES string of the molecule is CC(C)(C)OC(=O)C(CN)OC(C)(C)C. The van der Waals surface area contributed by atoms with Crippen LogP contribution in [0.3, 0.4) is 0 Å². The highest BCUT2D eigenvalue weighted by molar-refractivity contribution is 5.75. The van der Waals surface area contributed by atoms with Crippen molar-refractivity contribution >= 4 is 5.97 Å². The van der Waals surface area contributed by atoms with Gasteiger partial charge in [-0.2, -0.15) is 0 Å². The number of ether oxygens (including phenoxy) is 2. The van der Waals surface area contributed by atoms with Crippen LogP contribution in [0.15, 0.2) is 0 Å². The molecule has 2 N–H and O–H groups in total. The Bertz CT molecular complexity index is 213. The summed E-state index contributed by atoms with van der Waals surface area (Å²) in [6.45, 7) is 11.2. The van der Waals surface area contributed by atoms with Gasteiger partial charge in [0.05, 0.1) is 5.60 Å². The van der Waals surface area contributed by atoms with E-state index < -0.39 is 23.3 Å². The van der Waals surface area contributed by atoms with Gasteiger partial charge in [-0.05, 0) is 41.5 Å². The van der Waals surface area contributed by atoms with Crippen LogP contribution in [0.25, 0.3) is 0 Å². The molecule has 0 heterocycles. The van der Waals surface area contributed by atoms with Crippen molar-refractivity contribution < 1.29 is 14.3 Å². The fraction of sp³-hybridized carbons (Fsp3) is 0.909. The molecule has 0 fully saturated rings. The second kappa shape index (κ2) is 4.94. The van der Waals surface area contributed by atoms with Crippen LogP contribution in [0.4, 0.5) is 0 Å². The number of carbonyl (C=O) groups excluding carboxylic acids is 1. The zero-order valence-electron chi connectivity index (χ0n) is 10.6. The van der Waals surface area contributed by atoms with Crippen molar-refractivity contribution in [2.24, 2.45) is 5.73 Å². The van der Waals surface area contributed by atoms with Crippen molar-refractivity contribution in [3.05, 3.63) is 0 Å².